The number of hydrogen-bond donors (Lipinski definition) is 1. The fraction of sp³-hybridized carbons (Fsp3) is 0. The van der Waals surface area contributed by atoms with Crippen molar-refractivity contribution >= 4 is 24.1 Å². The van der Waals surface area contributed by atoms with Gasteiger partial charge >= 0.3 is 11.9 Å². The molecule has 3 aromatic rings. The summed E-state index contributed by atoms with van der Waals surface area (Å²) in [5.74, 6) is -0.234. The highest BCUT2D eigenvalue weighted by atomic mass is 16.5. The van der Waals surface area contributed by atoms with Gasteiger partial charge in [-0.2, -0.15) is 0 Å². The number of esters is 2. The topological polar surface area (TPSA) is 72.8 Å². The van der Waals surface area contributed by atoms with Crippen LogP contribution in [0.4, 0.5) is 0 Å². The molecule has 0 radical (unpaired) electrons. The number of benzene rings is 3. The maximum atomic E-state index is 11.9. The normalized spacial score (nSPS) is 10.9. The molecule has 0 spiro atoms. The Balaban J connectivity index is 1.51. The van der Waals surface area contributed by atoms with E-state index in [9.17, 15) is 14.7 Å². The summed E-state index contributed by atoms with van der Waals surface area (Å²) in [7, 11) is 0. The van der Waals surface area contributed by atoms with Gasteiger partial charge in [0.2, 0.25) is 0 Å². The van der Waals surface area contributed by atoms with Crippen molar-refractivity contribution in [1.29, 1.82) is 0 Å². The number of phenolic OH excluding ortho intramolecular Hbond substituents is 1. The lowest BCUT2D eigenvalue weighted by Crippen LogP contribution is -2.05. The van der Waals surface area contributed by atoms with Crippen molar-refractivity contribution in [2.45, 2.75) is 0 Å². The highest BCUT2D eigenvalue weighted by Crippen LogP contribution is 2.18. The molecule has 0 heterocycles. The van der Waals surface area contributed by atoms with Gasteiger partial charge in [0.05, 0.1) is 0 Å². The molecule has 0 fully saturated rings. The monoisotopic (exact) mass is 386 g/mol. The number of hydrogen-bond acceptors (Lipinski definition) is 5. The molecule has 0 saturated heterocycles. The van der Waals surface area contributed by atoms with Gasteiger partial charge in [0.1, 0.15) is 17.2 Å². The predicted octanol–water partition coefficient (Wildman–Crippen LogP) is 4.63. The van der Waals surface area contributed by atoms with Crippen molar-refractivity contribution < 1.29 is 24.2 Å². The summed E-state index contributed by atoms with van der Waals surface area (Å²) < 4.78 is 10.4. The van der Waals surface area contributed by atoms with E-state index in [-0.39, 0.29) is 5.75 Å². The Labute approximate surface area is 168 Å². The molecule has 0 atom stereocenters. The summed E-state index contributed by atoms with van der Waals surface area (Å²) >= 11 is 0. The van der Waals surface area contributed by atoms with Crippen molar-refractivity contribution in [3.8, 4) is 17.2 Å². The van der Waals surface area contributed by atoms with Crippen LogP contribution in [0, 0.1) is 0 Å². The van der Waals surface area contributed by atoms with Gasteiger partial charge in [-0.05, 0) is 59.7 Å². The molecule has 0 unspecified atom stereocenters. The van der Waals surface area contributed by atoms with E-state index in [1.807, 2.05) is 30.3 Å². The van der Waals surface area contributed by atoms with Crippen LogP contribution in [0.1, 0.15) is 11.1 Å². The van der Waals surface area contributed by atoms with Gasteiger partial charge in [0, 0.05) is 12.2 Å². The van der Waals surface area contributed by atoms with Crippen molar-refractivity contribution in [3.63, 3.8) is 0 Å². The van der Waals surface area contributed by atoms with Crippen LogP contribution in [-0.4, -0.2) is 17.0 Å². The summed E-state index contributed by atoms with van der Waals surface area (Å²) in [6.45, 7) is 0. The minimum absolute atomic E-state index is 0.154. The standard InChI is InChI=1S/C24H18O5/c25-20-10-6-19(7-11-20)9-17-24(27)29-22-14-12-21(13-15-22)28-23(26)16-8-18-4-2-1-3-5-18/h1-17,25H/b16-8+,17-9+. The third-order valence-corrected chi connectivity index (χ3v) is 3.78. The molecular formula is C24H18O5. The van der Waals surface area contributed by atoms with Crippen LogP contribution in [0.25, 0.3) is 12.2 Å². The summed E-state index contributed by atoms with van der Waals surface area (Å²) in [6.07, 6.45) is 5.88. The molecule has 144 valence electrons. The maximum absolute atomic E-state index is 11.9. The molecule has 0 bridgehead atoms. The van der Waals surface area contributed by atoms with E-state index in [2.05, 4.69) is 0 Å². The second-order valence-corrected chi connectivity index (χ2v) is 5.98. The first-order chi connectivity index (χ1) is 14.1. The van der Waals surface area contributed by atoms with Crippen LogP contribution in [0.15, 0.2) is 91.0 Å². The number of rotatable bonds is 6. The van der Waals surface area contributed by atoms with Gasteiger partial charge in [-0.25, -0.2) is 9.59 Å². The zero-order chi connectivity index (χ0) is 20.5. The van der Waals surface area contributed by atoms with Crippen LogP contribution < -0.4 is 9.47 Å². The summed E-state index contributed by atoms with van der Waals surface area (Å²) in [6, 6.07) is 22.0. The molecule has 0 aliphatic rings. The Hall–Kier alpha value is -4.12. The predicted molar refractivity (Wildman–Crippen MR) is 110 cm³/mol. The molecule has 1 N–H and O–H groups in total. The lowest BCUT2D eigenvalue weighted by molar-refractivity contribution is -0.130. The molecule has 0 saturated carbocycles. The first kappa shape index (κ1) is 19.6. The largest absolute Gasteiger partial charge is 0.508 e. The molecule has 0 amide bonds. The SMILES string of the molecule is O=C(/C=C/c1ccccc1)Oc1ccc(OC(=O)/C=C/c2ccc(O)cc2)cc1. The molecule has 3 rings (SSSR count). The van der Waals surface area contributed by atoms with Gasteiger partial charge in [0.15, 0.2) is 0 Å². The summed E-state index contributed by atoms with van der Waals surface area (Å²) in [5.41, 5.74) is 1.65. The van der Waals surface area contributed by atoms with Crippen LogP contribution in [0.3, 0.4) is 0 Å². The smallest absolute Gasteiger partial charge is 0.336 e. The van der Waals surface area contributed by atoms with Crippen LogP contribution in [-0.2, 0) is 9.59 Å². The average Bonchev–Trinajstić information content (AvgIpc) is 2.74. The Kier molecular flexibility index (Phi) is 6.58. The summed E-state index contributed by atoms with van der Waals surface area (Å²) in [4.78, 5) is 23.8. The van der Waals surface area contributed by atoms with E-state index in [0.717, 1.165) is 11.1 Å². The third-order valence-electron chi connectivity index (χ3n) is 3.78. The van der Waals surface area contributed by atoms with Crippen LogP contribution in [0.5, 0.6) is 17.2 Å². The van der Waals surface area contributed by atoms with Gasteiger partial charge in [-0.1, -0.05) is 42.5 Å². The fourth-order valence-electron chi connectivity index (χ4n) is 2.35. The van der Waals surface area contributed by atoms with E-state index in [4.69, 9.17) is 9.47 Å². The number of carbonyl (C=O) groups excluding carboxylic acids is 2. The Bertz CT molecular complexity index is 1020. The number of phenols is 1. The van der Waals surface area contributed by atoms with Crippen molar-refractivity contribution in [2.24, 2.45) is 0 Å². The first-order valence-electron chi connectivity index (χ1n) is 8.82. The second-order valence-electron chi connectivity index (χ2n) is 5.98. The third kappa shape index (κ3) is 6.52. The first-order valence-corrected chi connectivity index (χ1v) is 8.82. The minimum atomic E-state index is -0.548. The molecule has 0 aliphatic heterocycles. The minimum Gasteiger partial charge on any atom is -0.508 e. The molecule has 0 aliphatic carbocycles. The summed E-state index contributed by atoms with van der Waals surface area (Å²) in [5, 5.41) is 9.24. The quantitative estimate of drug-likeness (QED) is 0.380. The van der Waals surface area contributed by atoms with Gasteiger partial charge in [0.25, 0.3) is 0 Å². The van der Waals surface area contributed by atoms with Crippen molar-refractivity contribution in [3.05, 3.63) is 102 Å². The molecule has 29 heavy (non-hydrogen) atoms. The van der Waals surface area contributed by atoms with E-state index in [0.29, 0.717) is 11.5 Å². The van der Waals surface area contributed by atoms with Gasteiger partial charge < -0.3 is 14.6 Å². The molecule has 5 nitrogen and oxygen atoms in total. The lowest BCUT2D eigenvalue weighted by Gasteiger charge is -2.04. The Morgan fingerprint density at radius 2 is 1.07 bits per heavy atom. The highest BCUT2D eigenvalue weighted by Gasteiger charge is 2.04. The molecule has 5 heteroatoms. The number of ether oxygens (including phenoxy) is 2. The maximum Gasteiger partial charge on any atom is 0.336 e. The van der Waals surface area contributed by atoms with E-state index < -0.39 is 11.9 Å². The Morgan fingerprint density at radius 3 is 1.55 bits per heavy atom. The van der Waals surface area contributed by atoms with E-state index in [1.54, 1.807) is 36.4 Å². The molecular weight excluding hydrogens is 368 g/mol. The van der Waals surface area contributed by atoms with Gasteiger partial charge in [-0.15, -0.1) is 0 Å². The second kappa shape index (κ2) is 9.71. The van der Waals surface area contributed by atoms with Gasteiger partial charge in [-0.3, -0.25) is 0 Å². The lowest BCUT2D eigenvalue weighted by atomic mass is 10.2. The zero-order valence-corrected chi connectivity index (χ0v) is 15.4. The Morgan fingerprint density at radius 1 is 0.621 bits per heavy atom. The highest BCUT2D eigenvalue weighted by molar-refractivity contribution is 5.89. The van der Waals surface area contributed by atoms with Crippen LogP contribution >= 0.6 is 0 Å². The average molecular weight is 386 g/mol. The number of aromatic hydroxyl groups is 1. The van der Waals surface area contributed by atoms with E-state index >= 15 is 0 Å². The van der Waals surface area contributed by atoms with Crippen LogP contribution in [0.2, 0.25) is 0 Å². The molecule has 0 aromatic heterocycles. The zero-order valence-electron chi connectivity index (χ0n) is 15.4. The fourth-order valence-corrected chi connectivity index (χ4v) is 2.35. The van der Waals surface area contributed by atoms with Crippen molar-refractivity contribution in [1.82, 2.24) is 0 Å². The van der Waals surface area contributed by atoms with Crippen molar-refractivity contribution in [2.75, 3.05) is 0 Å². The molecule has 3 aromatic carbocycles. The van der Waals surface area contributed by atoms with E-state index in [1.165, 1.54) is 36.4 Å². The number of carbonyl (C=O) groups is 2.